The summed E-state index contributed by atoms with van der Waals surface area (Å²) in [6, 6.07) is 16.4. The van der Waals surface area contributed by atoms with E-state index in [-0.39, 0.29) is 29.8 Å². The topological polar surface area (TPSA) is 72.9 Å². The molecule has 2 aromatic rings. The van der Waals surface area contributed by atoms with Crippen molar-refractivity contribution < 1.29 is 14.7 Å². The summed E-state index contributed by atoms with van der Waals surface area (Å²) >= 11 is 0. The van der Waals surface area contributed by atoms with Gasteiger partial charge in [-0.1, -0.05) is 30.3 Å². The molecule has 6 heteroatoms. The molecule has 0 radical (unpaired) electrons. The number of para-hydroxylation sites is 1. The standard InChI is InChI=1S/C21H23N3O3/c25-19-8-4-5-15(11-19)13-24(18-9-10-18)21(27)22-16-12-20(26)23(14-16)17-6-2-1-3-7-17/h1-8,11,16,18,25H,9-10,12-14H2,(H,22,27)/t16-/m1/s1. The third-order valence-electron chi connectivity index (χ3n) is 5.03. The molecular formula is C21H23N3O3. The number of nitrogens with one attached hydrogen (secondary N) is 1. The summed E-state index contributed by atoms with van der Waals surface area (Å²) in [5, 5.41) is 12.7. The van der Waals surface area contributed by atoms with Gasteiger partial charge < -0.3 is 20.2 Å². The van der Waals surface area contributed by atoms with Crippen molar-refractivity contribution in [3.63, 3.8) is 0 Å². The fourth-order valence-corrected chi connectivity index (χ4v) is 3.52. The number of carbonyl (C=O) groups excluding carboxylic acids is 2. The maximum Gasteiger partial charge on any atom is 0.318 e. The molecule has 2 N–H and O–H groups in total. The first-order valence-corrected chi connectivity index (χ1v) is 9.30. The van der Waals surface area contributed by atoms with Gasteiger partial charge in [0.05, 0.1) is 6.04 Å². The summed E-state index contributed by atoms with van der Waals surface area (Å²) < 4.78 is 0. The summed E-state index contributed by atoms with van der Waals surface area (Å²) in [4.78, 5) is 28.7. The molecule has 2 aliphatic rings. The first kappa shape index (κ1) is 17.4. The lowest BCUT2D eigenvalue weighted by molar-refractivity contribution is -0.117. The number of nitrogens with zero attached hydrogens (tertiary/aromatic N) is 2. The van der Waals surface area contributed by atoms with Gasteiger partial charge in [-0.25, -0.2) is 4.79 Å². The SMILES string of the molecule is O=C1C[C@@H](NC(=O)N(Cc2cccc(O)c2)C2CC2)CN1c1ccccc1. The van der Waals surface area contributed by atoms with Gasteiger partial charge in [0.1, 0.15) is 5.75 Å². The van der Waals surface area contributed by atoms with Crippen molar-refractivity contribution in [2.24, 2.45) is 0 Å². The number of benzene rings is 2. The Bertz CT molecular complexity index is 836. The molecule has 1 heterocycles. The Morgan fingerprint density at radius 3 is 2.63 bits per heavy atom. The Kier molecular flexibility index (Phi) is 4.71. The van der Waals surface area contributed by atoms with Gasteiger partial charge in [0.25, 0.3) is 0 Å². The van der Waals surface area contributed by atoms with Crippen LogP contribution in [0.2, 0.25) is 0 Å². The quantitative estimate of drug-likeness (QED) is 0.856. The van der Waals surface area contributed by atoms with Crippen molar-refractivity contribution >= 4 is 17.6 Å². The molecule has 0 bridgehead atoms. The summed E-state index contributed by atoms with van der Waals surface area (Å²) in [7, 11) is 0. The van der Waals surface area contributed by atoms with E-state index in [4.69, 9.17) is 0 Å². The van der Waals surface area contributed by atoms with Gasteiger partial charge in [0, 0.05) is 31.2 Å². The van der Waals surface area contributed by atoms with Crippen LogP contribution in [-0.2, 0) is 11.3 Å². The Hall–Kier alpha value is -3.02. The predicted molar refractivity (Wildman–Crippen MR) is 102 cm³/mol. The zero-order valence-electron chi connectivity index (χ0n) is 15.0. The van der Waals surface area contributed by atoms with Crippen LogP contribution in [0.25, 0.3) is 0 Å². The summed E-state index contributed by atoms with van der Waals surface area (Å²) in [6.07, 6.45) is 2.29. The highest BCUT2D eigenvalue weighted by atomic mass is 16.3. The van der Waals surface area contributed by atoms with Crippen LogP contribution in [0.1, 0.15) is 24.8 Å². The predicted octanol–water partition coefficient (Wildman–Crippen LogP) is 2.87. The zero-order chi connectivity index (χ0) is 18.8. The molecule has 1 aliphatic carbocycles. The van der Waals surface area contributed by atoms with Crippen LogP contribution in [-0.4, -0.2) is 40.6 Å². The minimum absolute atomic E-state index is 0.0254. The second-order valence-electron chi connectivity index (χ2n) is 7.22. The molecular weight excluding hydrogens is 342 g/mol. The van der Waals surface area contributed by atoms with Gasteiger partial charge in [-0.15, -0.1) is 0 Å². The highest BCUT2D eigenvalue weighted by Gasteiger charge is 2.36. The van der Waals surface area contributed by atoms with Gasteiger partial charge in [-0.2, -0.15) is 0 Å². The van der Waals surface area contributed by atoms with Crippen molar-refractivity contribution in [2.45, 2.75) is 37.9 Å². The smallest absolute Gasteiger partial charge is 0.318 e. The Balaban J connectivity index is 1.41. The number of rotatable bonds is 5. The normalized spacial score (nSPS) is 19.2. The highest BCUT2D eigenvalue weighted by molar-refractivity contribution is 5.96. The van der Waals surface area contributed by atoms with Gasteiger partial charge >= 0.3 is 6.03 Å². The minimum atomic E-state index is -0.198. The number of hydrogen-bond acceptors (Lipinski definition) is 3. The van der Waals surface area contributed by atoms with Crippen LogP contribution >= 0.6 is 0 Å². The first-order valence-electron chi connectivity index (χ1n) is 9.30. The maximum absolute atomic E-state index is 12.8. The number of hydrogen-bond donors (Lipinski definition) is 2. The van der Waals surface area contributed by atoms with E-state index >= 15 is 0 Å². The van der Waals surface area contributed by atoms with Crippen LogP contribution in [0.4, 0.5) is 10.5 Å². The van der Waals surface area contributed by atoms with Crippen LogP contribution in [0.3, 0.4) is 0 Å². The van der Waals surface area contributed by atoms with Crippen molar-refractivity contribution in [3.8, 4) is 5.75 Å². The lowest BCUT2D eigenvalue weighted by Crippen LogP contribution is -2.46. The summed E-state index contributed by atoms with van der Waals surface area (Å²) in [5.74, 6) is 0.223. The average Bonchev–Trinajstić information content (AvgIpc) is 3.43. The third-order valence-corrected chi connectivity index (χ3v) is 5.03. The van der Waals surface area contributed by atoms with Gasteiger partial charge in [-0.3, -0.25) is 4.79 Å². The van der Waals surface area contributed by atoms with Crippen molar-refractivity contribution in [2.75, 3.05) is 11.4 Å². The number of anilines is 1. The Morgan fingerprint density at radius 1 is 1.15 bits per heavy atom. The number of phenolic OH excluding ortho intramolecular Hbond substituents is 1. The number of aromatic hydroxyl groups is 1. The molecule has 1 saturated carbocycles. The Morgan fingerprint density at radius 2 is 1.93 bits per heavy atom. The van der Waals surface area contributed by atoms with Crippen molar-refractivity contribution in [1.29, 1.82) is 0 Å². The molecule has 4 rings (SSSR count). The first-order chi connectivity index (χ1) is 13.1. The summed E-state index contributed by atoms with van der Waals surface area (Å²) in [6.45, 7) is 0.938. The molecule has 0 unspecified atom stereocenters. The largest absolute Gasteiger partial charge is 0.508 e. The molecule has 140 valence electrons. The van der Waals surface area contributed by atoms with E-state index in [1.165, 1.54) is 0 Å². The molecule has 2 fully saturated rings. The van der Waals surface area contributed by atoms with E-state index in [1.54, 1.807) is 23.1 Å². The van der Waals surface area contributed by atoms with Crippen molar-refractivity contribution in [3.05, 3.63) is 60.2 Å². The zero-order valence-corrected chi connectivity index (χ0v) is 15.0. The van der Waals surface area contributed by atoms with Crippen LogP contribution in [0, 0.1) is 0 Å². The second kappa shape index (κ2) is 7.31. The fourth-order valence-electron chi connectivity index (χ4n) is 3.52. The second-order valence-corrected chi connectivity index (χ2v) is 7.22. The van der Waals surface area contributed by atoms with E-state index in [1.807, 2.05) is 41.3 Å². The minimum Gasteiger partial charge on any atom is -0.508 e. The molecule has 1 atom stereocenters. The number of amides is 3. The molecule has 2 aromatic carbocycles. The maximum atomic E-state index is 12.8. The fraction of sp³-hybridized carbons (Fsp3) is 0.333. The van der Waals surface area contributed by atoms with E-state index in [0.717, 1.165) is 24.1 Å². The molecule has 3 amide bonds. The van der Waals surface area contributed by atoms with E-state index in [2.05, 4.69) is 5.32 Å². The molecule has 27 heavy (non-hydrogen) atoms. The Labute approximate surface area is 158 Å². The number of urea groups is 1. The van der Waals surface area contributed by atoms with Crippen LogP contribution in [0.5, 0.6) is 5.75 Å². The summed E-state index contributed by atoms with van der Waals surface area (Å²) in [5.41, 5.74) is 1.75. The van der Waals surface area contributed by atoms with E-state index in [9.17, 15) is 14.7 Å². The van der Waals surface area contributed by atoms with E-state index in [0.29, 0.717) is 19.5 Å². The van der Waals surface area contributed by atoms with Crippen molar-refractivity contribution in [1.82, 2.24) is 10.2 Å². The molecule has 1 aliphatic heterocycles. The van der Waals surface area contributed by atoms with Crippen LogP contribution < -0.4 is 10.2 Å². The average molecular weight is 365 g/mol. The lowest BCUT2D eigenvalue weighted by Gasteiger charge is -2.25. The molecule has 0 spiro atoms. The van der Waals surface area contributed by atoms with Gasteiger partial charge in [0.2, 0.25) is 5.91 Å². The highest BCUT2D eigenvalue weighted by Crippen LogP contribution is 2.29. The number of phenols is 1. The number of carbonyl (C=O) groups is 2. The van der Waals surface area contributed by atoms with Gasteiger partial charge in [-0.05, 0) is 42.7 Å². The molecule has 0 aromatic heterocycles. The molecule has 1 saturated heterocycles. The van der Waals surface area contributed by atoms with Gasteiger partial charge in [0.15, 0.2) is 0 Å². The third kappa shape index (κ3) is 4.05. The van der Waals surface area contributed by atoms with Crippen LogP contribution in [0.15, 0.2) is 54.6 Å². The lowest BCUT2D eigenvalue weighted by atomic mass is 10.2. The molecule has 6 nitrogen and oxygen atoms in total. The van der Waals surface area contributed by atoms with E-state index < -0.39 is 0 Å². The monoisotopic (exact) mass is 365 g/mol.